The van der Waals surface area contributed by atoms with Crippen molar-refractivity contribution >= 4 is 22.9 Å². The summed E-state index contributed by atoms with van der Waals surface area (Å²) in [6.07, 6.45) is 0.159. The van der Waals surface area contributed by atoms with E-state index < -0.39 is 0 Å². The molecule has 0 saturated heterocycles. The van der Waals surface area contributed by atoms with E-state index in [1.165, 1.54) is 4.57 Å². The van der Waals surface area contributed by atoms with Crippen molar-refractivity contribution in [3.8, 4) is 0 Å². The van der Waals surface area contributed by atoms with Crippen LogP contribution in [-0.2, 0) is 22.7 Å². The molecular weight excluding hydrogens is 300 g/mol. The summed E-state index contributed by atoms with van der Waals surface area (Å²) in [6.45, 7) is 6.31. The van der Waals surface area contributed by atoms with Gasteiger partial charge in [0.15, 0.2) is 0 Å². The van der Waals surface area contributed by atoms with E-state index in [4.69, 9.17) is 4.74 Å². The summed E-state index contributed by atoms with van der Waals surface area (Å²) in [5.74, 6) is -0.217. The van der Waals surface area contributed by atoms with Crippen molar-refractivity contribution in [2.45, 2.75) is 40.0 Å². The van der Waals surface area contributed by atoms with Crippen molar-refractivity contribution in [3.05, 3.63) is 50.6 Å². The summed E-state index contributed by atoms with van der Waals surface area (Å²) in [5.41, 5.74) is 2.50. The Bertz CT molecular complexity index is 703. The number of nitrogens with zero attached hydrogens (tertiary/aromatic N) is 1. The number of thiazole rings is 1. The molecule has 1 aromatic heterocycles. The number of aryl methyl sites for hydroxylation is 1. The van der Waals surface area contributed by atoms with Gasteiger partial charge in [-0.25, -0.2) is 0 Å². The van der Waals surface area contributed by atoms with Gasteiger partial charge in [-0.05, 0) is 38.5 Å². The first-order chi connectivity index (χ1) is 10.5. The third-order valence-corrected chi connectivity index (χ3v) is 3.95. The van der Waals surface area contributed by atoms with Gasteiger partial charge in [-0.3, -0.25) is 14.2 Å². The number of carbonyl (C=O) groups excluding carboxylic acids is 1. The molecule has 6 heteroatoms. The molecule has 2 rings (SSSR count). The van der Waals surface area contributed by atoms with E-state index in [2.05, 4.69) is 5.32 Å². The fourth-order valence-corrected chi connectivity index (χ4v) is 2.68. The quantitative estimate of drug-likeness (QED) is 0.890. The van der Waals surface area contributed by atoms with Gasteiger partial charge < -0.3 is 10.1 Å². The van der Waals surface area contributed by atoms with Crippen LogP contribution in [0.4, 0.5) is 5.69 Å². The molecule has 5 nitrogen and oxygen atoms in total. The van der Waals surface area contributed by atoms with Gasteiger partial charge in [-0.2, -0.15) is 0 Å². The van der Waals surface area contributed by atoms with Crippen molar-refractivity contribution in [1.82, 2.24) is 4.57 Å². The minimum atomic E-state index is -0.217. The zero-order chi connectivity index (χ0) is 16.1. The van der Waals surface area contributed by atoms with Gasteiger partial charge >= 0.3 is 4.87 Å². The molecule has 118 valence electrons. The van der Waals surface area contributed by atoms with Crippen LogP contribution in [0, 0.1) is 6.92 Å². The summed E-state index contributed by atoms with van der Waals surface area (Å²) < 4.78 is 7.01. The minimum Gasteiger partial charge on any atom is -0.374 e. The Hall–Kier alpha value is -1.92. The van der Waals surface area contributed by atoms with Gasteiger partial charge in [-0.1, -0.05) is 23.5 Å². The number of hydrogen-bond acceptors (Lipinski definition) is 4. The Labute approximate surface area is 133 Å². The highest BCUT2D eigenvalue weighted by atomic mass is 32.1. The third kappa shape index (κ3) is 4.54. The highest BCUT2D eigenvalue weighted by molar-refractivity contribution is 7.07. The van der Waals surface area contributed by atoms with Crippen LogP contribution in [0.25, 0.3) is 0 Å². The lowest BCUT2D eigenvalue weighted by Gasteiger charge is -2.10. The van der Waals surface area contributed by atoms with Gasteiger partial charge in [0, 0.05) is 16.8 Å². The minimum absolute atomic E-state index is 0.0287. The molecule has 0 fully saturated rings. The standard InChI is InChI=1S/C16H20N2O3S/c1-11(2)21-9-13-5-4-6-14(7-13)17-15(19)8-18-12(3)10-22-16(18)20/h4-7,10-11H,8-9H2,1-3H3,(H,17,19). The van der Waals surface area contributed by atoms with Gasteiger partial charge in [0.1, 0.15) is 6.54 Å². The predicted molar refractivity (Wildman–Crippen MR) is 88.3 cm³/mol. The number of anilines is 1. The van der Waals surface area contributed by atoms with E-state index in [-0.39, 0.29) is 23.4 Å². The number of carbonyl (C=O) groups is 1. The fourth-order valence-electron chi connectivity index (χ4n) is 1.94. The molecule has 1 aromatic carbocycles. The Balaban J connectivity index is 1.99. The molecule has 0 aliphatic heterocycles. The lowest BCUT2D eigenvalue weighted by molar-refractivity contribution is -0.116. The summed E-state index contributed by atoms with van der Waals surface area (Å²) in [5, 5.41) is 4.56. The predicted octanol–water partition coefficient (Wildman–Crippen LogP) is 2.78. The second kappa shape index (κ2) is 7.38. The van der Waals surface area contributed by atoms with E-state index in [0.29, 0.717) is 12.3 Å². The molecule has 0 bridgehead atoms. The van der Waals surface area contributed by atoms with Crippen LogP contribution >= 0.6 is 11.3 Å². The normalized spacial score (nSPS) is 10.9. The number of benzene rings is 1. The second-order valence-electron chi connectivity index (χ2n) is 5.34. The second-order valence-corrected chi connectivity index (χ2v) is 6.16. The van der Waals surface area contributed by atoms with Crippen LogP contribution in [-0.4, -0.2) is 16.6 Å². The van der Waals surface area contributed by atoms with E-state index in [9.17, 15) is 9.59 Å². The van der Waals surface area contributed by atoms with Crippen LogP contribution in [0.2, 0.25) is 0 Å². The maximum Gasteiger partial charge on any atom is 0.307 e. The molecule has 1 heterocycles. The van der Waals surface area contributed by atoms with E-state index in [1.54, 1.807) is 5.38 Å². The van der Waals surface area contributed by atoms with Crippen molar-refractivity contribution < 1.29 is 9.53 Å². The molecule has 0 unspecified atom stereocenters. The third-order valence-electron chi connectivity index (χ3n) is 3.07. The number of rotatable bonds is 6. The van der Waals surface area contributed by atoms with Crippen molar-refractivity contribution in [3.63, 3.8) is 0 Å². The Morgan fingerprint density at radius 1 is 1.41 bits per heavy atom. The molecular formula is C16H20N2O3S. The van der Waals surface area contributed by atoms with Crippen LogP contribution < -0.4 is 10.2 Å². The summed E-state index contributed by atoms with van der Waals surface area (Å²) in [6, 6.07) is 7.52. The molecule has 0 atom stereocenters. The van der Waals surface area contributed by atoms with Gasteiger partial charge in [0.2, 0.25) is 5.91 Å². The molecule has 0 saturated carbocycles. The van der Waals surface area contributed by atoms with Crippen LogP contribution in [0.15, 0.2) is 34.4 Å². The smallest absolute Gasteiger partial charge is 0.307 e. The Kier molecular flexibility index (Phi) is 5.51. The monoisotopic (exact) mass is 320 g/mol. The molecule has 0 radical (unpaired) electrons. The van der Waals surface area contributed by atoms with Gasteiger partial charge in [-0.15, -0.1) is 0 Å². The molecule has 1 amide bonds. The molecule has 0 spiro atoms. The zero-order valence-electron chi connectivity index (χ0n) is 13.0. The van der Waals surface area contributed by atoms with Crippen molar-refractivity contribution in [2.75, 3.05) is 5.32 Å². The number of aromatic nitrogens is 1. The van der Waals surface area contributed by atoms with Crippen LogP contribution in [0.1, 0.15) is 25.1 Å². The highest BCUT2D eigenvalue weighted by Crippen LogP contribution is 2.12. The lowest BCUT2D eigenvalue weighted by atomic mass is 10.2. The number of amides is 1. The first-order valence-electron chi connectivity index (χ1n) is 7.11. The average Bonchev–Trinajstić information content (AvgIpc) is 2.77. The highest BCUT2D eigenvalue weighted by Gasteiger charge is 2.09. The fraction of sp³-hybridized carbons (Fsp3) is 0.375. The van der Waals surface area contributed by atoms with Gasteiger partial charge in [0.05, 0.1) is 12.7 Å². The summed E-state index contributed by atoms with van der Waals surface area (Å²) in [7, 11) is 0. The van der Waals surface area contributed by atoms with E-state index >= 15 is 0 Å². The van der Waals surface area contributed by atoms with E-state index in [0.717, 1.165) is 22.6 Å². The molecule has 2 aromatic rings. The van der Waals surface area contributed by atoms with Crippen LogP contribution in [0.3, 0.4) is 0 Å². The largest absolute Gasteiger partial charge is 0.374 e. The molecule has 22 heavy (non-hydrogen) atoms. The number of hydrogen-bond donors (Lipinski definition) is 1. The molecule has 0 aliphatic carbocycles. The van der Waals surface area contributed by atoms with E-state index in [1.807, 2.05) is 45.0 Å². The molecule has 0 aliphatic rings. The average molecular weight is 320 g/mol. The zero-order valence-corrected chi connectivity index (χ0v) is 13.8. The van der Waals surface area contributed by atoms with Gasteiger partial charge in [0.25, 0.3) is 0 Å². The maximum atomic E-state index is 12.1. The Morgan fingerprint density at radius 2 is 2.18 bits per heavy atom. The topological polar surface area (TPSA) is 60.3 Å². The number of nitrogens with one attached hydrogen (secondary N) is 1. The first-order valence-corrected chi connectivity index (χ1v) is 7.99. The van der Waals surface area contributed by atoms with Crippen LogP contribution in [0.5, 0.6) is 0 Å². The molecule has 1 N–H and O–H groups in total. The maximum absolute atomic E-state index is 12.1. The Morgan fingerprint density at radius 3 is 2.82 bits per heavy atom. The van der Waals surface area contributed by atoms with Crippen molar-refractivity contribution in [1.29, 1.82) is 0 Å². The first kappa shape index (κ1) is 16.5. The lowest BCUT2D eigenvalue weighted by Crippen LogP contribution is -2.25. The number of ether oxygens (including phenoxy) is 1. The summed E-state index contributed by atoms with van der Waals surface area (Å²) >= 11 is 1.10. The van der Waals surface area contributed by atoms with Crippen molar-refractivity contribution in [2.24, 2.45) is 0 Å². The SMILES string of the molecule is Cc1csc(=O)n1CC(=O)Nc1cccc(COC(C)C)c1. The summed E-state index contributed by atoms with van der Waals surface area (Å²) in [4.78, 5) is 23.6.